The molecule has 4 heterocycles. The number of rotatable bonds is 7. The number of methoxy groups -OCH3 is 1. The molecule has 2 aromatic rings. The number of carbonyl (C=O) groups excluding carboxylic acids is 3. The molecule has 2 atom stereocenters. The Hall–Kier alpha value is -4.08. The highest BCUT2D eigenvalue weighted by atomic mass is 16.5. The highest BCUT2D eigenvalue weighted by molar-refractivity contribution is 6.02. The van der Waals surface area contributed by atoms with Crippen molar-refractivity contribution in [1.29, 1.82) is 5.26 Å². The number of hydrogen-bond donors (Lipinski definition) is 2. The number of aliphatic hydroxyl groups is 1. The Morgan fingerprint density at radius 2 is 2.18 bits per heavy atom. The summed E-state index contributed by atoms with van der Waals surface area (Å²) in [7, 11) is 3.20. The van der Waals surface area contributed by atoms with E-state index < -0.39 is 18.0 Å². The topological polar surface area (TPSA) is 152 Å². The molecular weight excluding hydrogens is 490 g/mol. The van der Waals surface area contributed by atoms with Crippen molar-refractivity contribution in [3.8, 4) is 6.07 Å². The number of aliphatic hydroxyl groups excluding tert-OH is 1. The zero-order valence-corrected chi connectivity index (χ0v) is 21.7. The van der Waals surface area contributed by atoms with Crippen LogP contribution >= 0.6 is 0 Å². The van der Waals surface area contributed by atoms with Crippen molar-refractivity contribution < 1.29 is 24.2 Å². The largest absolute Gasteiger partial charge is 0.384 e. The summed E-state index contributed by atoms with van der Waals surface area (Å²) >= 11 is 0. The minimum absolute atomic E-state index is 0.0746. The summed E-state index contributed by atoms with van der Waals surface area (Å²) in [4.78, 5) is 50.8. The van der Waals surface area contributed by atoms with Crippen molar-refractivity contribution in [3.63, 3.8) is 0 Å². The van der Waals surface area contributed by atoms with E-state index >= 15 is 0 Å². The van der Waals surface area contributed by atoms with Gasteiger partial charge in [0.2, 0.25) is 0 Å². The fourth-order valence-electron chi connectivity index (χ4n) is 4.81. The fourth-order valence-corrected chi connectivity index (χ4v) is 4.81. The van der Waals surface area contributed by atoms with Crippen LogP contribution in [0.15, 0.2) is 18.3 Å². The lowest BCUT2D eigenvalue weighted by Crippen LogP contribution is -2.40. The molecule has 12 heteroatoms. The average molecular weight is 522 g/mol. The zero-order chi connectivity index (χ0) is 27.4. The predicted octanol–water partition coefficient (Wildman–Crippen LogP) is 1.71. The van der Waals surface area contributed by atoms with Crippen LogP contribution in [0.1, 0.15) is 46.9 Å². The molecule has 1 saturated heterocycles. The summed E-state index contributed by atoms with van der Waals surface area (Å²) in [6.45, 7) is 3.25. The maximum Gasteiger partial charge on any atom is 0.328 e. The maximum atomic E-state index is 13.3. The van der Waals surface area contributed by atoms with Crippen LogP contribution in [0.5, 0.6) is 0 Å². The standard InChI is InChI=1S/C26H31N7O5/c1-16(35)25(36)31(2)13-18-9-17-5-4-7-33(24(17)29-21(18)15-34)26(37)30-23-10-22(19(11-27)12-28-23)32-8-6-20(14-32)38-3/h9-10,12,15-16,20,35H,4-8,13-14H2,1-3H3,(H,28,30,37)/t16-,20-/m0/s1. The number of anilines is 3. The highest BCUT2D eigenvalue weighted by Crippen LogP contribution is 2.30. The van der Waals surface area contributed by atoms with Crippen LogP contribution in [0.4, 0.5) is 22.1 Å². The number of aromatic nitrogens is 2. The molecule has 0 spiro atoms. The van der Waals surface area contributed by atoms with E-state index in [0.29, 0.717) is 60.7 Å². The molecular formula is C26H31N7O5. The quantitative estimate of drug-likeness (QED) is 0.519. The summed E-state index contributed by atoms with van der Waals surface area (Å²) in [5, 5.41) is 21.9. The number of carbonyl (C=O) groups is 3. The molecule has 0 bridgehead atoms. The SMILES string of the molecule is CO[C@H]1CCN(c2cc(NC(=O)N3CCCc4cc(CN(C)C(=O)[C@H](C)O)c(C=O)nc43)ncc2C#N)C1. The molecule has 4 rings (SSSR count). The summed E-state index contributed by atoms with van der Waals surface area (Å²) in [5.74, 6) is 0.199. The lowest BCUT2D eigenvalue weighted by atomic mass is 10.0. The second-order valence-corrected chi connectivity index (χ2v) is 9.48. The number of nitrogens with one attached hydrogen (secondary N) is 1. The smallest absolute Gasteiger partial charge is 0.328 e. The van der Waals surface area contributed by atoms with Gasteiger partial charge in [0, 0.05) is 58.2 Å². The number of nitriles is 1. The number of fused-ring (bicyclic) bond motifs is 1. The summed E-state index contributed by atoms with van der Waals surface area (Å²) in [5.41, 5.74) is 2.52. The van der Waals surface area contributed by atoms with Gasteiger partial charge in [-0.25, -0.2) is 14.8 Å². The van der Waals surface area contributed by atoms with E-state index in [1.807, 2.05) is 4.90 Å². The number of aldehydes is 1. The number of pyridine rings is 2. The molecule has 0 radical (unpaired) electrons. The van der Waals surface area contributed by atoms with Crippen LogP contribution < -0.4 is 15.1 Å². The lowest BCUT2D eigenvalue weighted by molar-refractivity contribution is -0.138. The van der Waals surface area contributed by atoms with E-state index in [1.54, 1.807) is 26.3 Å². The van der Waals surface area contributed by atoms with Crippen LogP contribution in [-0.4, -0.2) is 84.2 Å². The third-order valence-electron chi connectivity index (χ3n) is 6.83. The van der Waals surface area contributed by atoms with Crippen LogP contribution in [0.25, 0.3) is 0 Å². The molecule has 3 amide bonds. The Kier molecular flexibility index (Phi) is 8.19. The number of aryl methyl sites for hydroxylation is 1. The first-order chi connectivity index (χ1) is 18.2. The van der Waals surface area contributed by atoms with Gasteiger partial charge >= 0.3 is 6.03 Å². The van der Waals surface area contributed by atoms with Gasteiger partial charge in [0.15, 0.2) is 6.29 Å². The van der Waals surface area contributed by atoms with Gasteiger partial charge in [-0.05, 0) is 37.8 Å². The molecule has 0 unspecified atom stereocenters. The minimum atomic E-state index is -1.16. The first kappa shape index (κ1) is 27.0. The van der Waals surface area contributed by atoms with E-state index in [2.05, 4.69) is 21.4 Å². The molecule has 2 aliphatic rings. The first-order valence-corrected chi connectivity index (χ1v) is 12.4. The van der Waals surface area contributed by atoms with Gasteiger partial charge < -0.3 is 19.6 Å². The molecule has 0 saturated carbocycles. The molecule has 1 fully saturated rings. The Morgan fingerprint density at radius 3 is 2.84 bits per heavy atom. The lowest BCUT2D eigenvalue weighted by Gasteiger charge is -2.30. The van der Waals surface area contributed by atoms with E-state index in [0.717, 1.165) is 18.5 Å². The van der Waals surface area contributed by atoms with Crippen molar-refractivity contribution >= 4 is 35.5 Å². The van der Waals surface area contributed by atoms with Crippen LogP contribution in [0.3, 0.4) is 0 Å². The predicted molar refractivity (Wildman–Crippen MR) is 139 cm³/mol. The Morgan fingerprint density at radius 1 is 1.39 bits per heavy atom. The van der Waals surface area contributed by atoms with E-state index in [4.69, 9.17) is 4.74 Å². The molecule has 38 heavy (non-hydrogen) atoms. The monoisotopic (exact) mass is 521 g/mol. The second-order valence-electron chi connectivity index (χ2n) is 9.48. The van der Waals surface area contributed by atoms with Gasteiger partial charge in [0.1, 0.15) is 29.5 Å². The van der Waals surface area contributed by atoms with Gasteiger partial charge in [-0.1, -0.05) is 0 Å². The van der Waals surface area contributed by atoms with Crippen molar-refractivity contribution in [2.24, 2.45) is 0 Å². The number of amides is 3. The number of nitrogens with zero attached hydrogens (tertiary/aromatic N) is 6. The average Bonchev–Trinajstić information content (AvgIpc) is 3.41. The summed E-state index contributed by atoms with van der Waals surface area (Å²) in [6.07, 6.45) is 3.13. The Balaban J connectivity index is 1.56. The normalized spacial score (nSPS) is 17.4. The van der Waals surface area contributed by atoms with Gasteiger partial charge in [0.05, 0.1) is 17.4 Å². The van der Waals surface area contributed by atoms with E-state index in [-0.39, 0.29) is 18.3 Å². The number of urea groups is 1. The fraction of sp³-hybridized carbons (Fsp3) is 0.462. The third kappa shape index (κ3) is 5.58. The number of hydrogen-bond acceptors (Lipinski definition) is 9. The van der Waals surface area contributed by atoms with Crippen molar-refractivity contribution in [3.05, 3.63) is 40.7 Å². The summed E-state index contributed by atoms with van der Waals surface area (Å²) < 4.78 is 5.44. The Labute approximate surface area is 220 Å². The van der Waals surface area contributed by atoms with Crippen molar-refractivity contribution in [2.75, 3.05) is 48.9 Å². The van der Waals surface area contributed by atoms with Gasteiger partial charge in [-0.3, -0.25) is 19.8 Å². The minimum Gasteiger partial charge on any atom is -0.384 e. The molecule has 0 aliphatic carbocycles. The van der Waals surface area contributed by atoms with Crippen molar-refractivity contribution in [1.82, 2.24) is 14.9 Å². The highest BCUT2D eigenvalue weighted by Gasteiger charge is 2.28. The third-order valence-corrected chi connectivity index (χ3v) is 6.83. The second kappa shape index (κ2) is 11.5. The Bertz CT molecular complexity index is 1280. The zero-order valence-electron chi connectivity index (χ0n) is 21.7. The van der Waals surface area contributed by atoms with Gasteiger partial charge in [-0.15, -0.1) is 0 Å². The van der Waals surface area contributed by atoms with Crippen LogP contribution in [0, 0.1) is 11.3 Å². The molecule has 2 aliphatic heterocycles. The van der Waals surface area contributed by atoms with Gasteiger partial charge in [0.25, 0.3) is 5.91 Å². The number of likely N-dealkylation sites (N-methyl/N-ethyl adjacent to an activating group) is 1. The molecule has 2 aromatic heterocycles. The molecule has 2 N–H and O–H groups in total. The summed E-state index contributed by atoms with van der Waals surface area (Å²) in [6, 6.07) is 5.17. The molecule has 200 valence electrons. The molecule has 0 aromatic carbocycles. The van der Waals surface area contributed by atoms with Crippen LogP contribution in [-0.2, 0) is 22.5 Å². The molecule has 12 nitrogen and oxygen atoms in total. The van der Waals surface area contributed by atoms with Gasteiger partial charge in [-0.2, -0.15) is 5.26 Å². The van der Waals surface area contributed by atoms with Crippen molar-refractivity contribution in [2.45, 2.75) is 44.9 Å². The number of ether oxygens (including phenoxy) is 1. The van der Waals surface area contributed by atoms with E-state index in [1.165, 1.54) is 22.9 Å². The maximum absolute atomic E-state index is 13.3. The first-order valence-electron chi connectivity index (χ1n) is 12.4. The van der Waals surface area contributed by atoms with Crippen LogP contribution in [0.2, 0.25) is 0 Å². The van der Waals surface area contributed by atoms with E-state index in [9.17, 15) is 24.8 Å².